The molecule has 3 atom stereocenters. The lowest BCUT2D eigenvalue weighted by molar-refractivity contribution is 0.0958. The van der Waals surface area contributed by atoms with Gasteiger partial charge in [0.2, 0.25) is 0 Å². The molecule has 9 heteroatoms. The highest BCUT2D eigenvalue weighted by molar-refractivity contribution is 5.96. The first-order valence-corrected chi connectivity index (χ1v) is 11.4. The number of amides is 1. The fraction of sp³-hybridized carbons (Fsp3) is 0.360. The van der Waals surface area contributed by atoms with Gasteiger partial charge in [0.25, 0.3) is 5.91 Å². The lowest BCUT2D eigenvalue weighted by Gasteiger charge is -2.42. The van der Waals surface area contributed by atoms with Crippen molar-refractivity contribution < 1.29 is 13.6 Å². The van der Waals surface area contributed by atoms with Crippen LogP contribution in [0, 0.1) is 12.3 Å². The molecule has 2 unspecified atom stereocenters. The Kier molecular flexibility index (Phi) is 5.63. The Bertz CT molecular complexity index is 1200. The maximum atomic E-state index is 15.0. The maximum Gasteiger partial charge on any atom is 0.274 e. The van der Waals surface area contributed by atoms with Crippen LogP contribution in [-0.2, 0) is 0 Å². The molecule has 7 nitrogen and oxygen atoms in total. The highest BCUT2D eigenvalue weighted by Gasteiger charge is 2.47. The molecule has 1 aliphatic carbocycles. The lowest BCUT2D eigenvalue weighted by Crippen LogP contribution is -2.49. The van der Waals surface area contributed by atoms with Crippen LogP contribution < -0.4 is 5.32 Å². The number of halogens is 2. The molecule has 0 saturated carbocycles. The van der Waals surface area contributed by atoms with Gasteiger partial charge in [-0.25, -0.2) is 23.8 Å². The van der Waals surface area contributed by atoms with E-state index in [-0.39, 0.29) is 11.9 Å². The summed E-state index contributed by atoms with van der Waals surface area (Å²) in [5.41, 5.74) is 0.664. The predicted octanol–water partition coefficient (Wildman–Crippen LogP) is 4.14. The zero-order valence-electron chi connectivity index (χ0n) is 19.1. The predicted molar refractivity (Wildman–Crippen MR) is 126 cm³/mol. The number of carbonyl (C=O) groups is 1. The molecule has 1 saturated heterocycles. The summed E-state index contributed by atoms with van der Waals surface area (Å²) in [6.07, 6.45) is 9.84. The van der Waals surface area contributed by atoms with Gasteiger partial charge in [0.1, 0.15) is 23.5 Å². The van der Waals surface area contributed by atoms with Gasteiger partial charge in [0.05, 0.1) is 5.70 Å². The average molecular weight is 465 g/mol. The van der Waals surface area contributed by atoms with E-state index in [1.807, 2.05) is 24.0 Å². The fourth-order valence-electron chi connectivity index (χ4n) is 4.93. The van der Waals surface area contributed by atoms with Crippen molar-refractivity contribution in [2.24, 2.45) is 15.5 Å². The molecule has 5 rings (SSSR count). The molecule has 3 aliphatic heterocycles. The topological polar surface area (TPSA) is 73.2 Å². The number of carbonyl (C=O) groups excluding carboxylic acids is 1. The third-order valence-corrected chi connectivity index (χ3v) is 6.69. The molecule has 1 aromatic heterocycles. The molecule has 0 aromatic carbocycles. The van der Waals surface area contributed by atoms with Crippen LogP contribution in [0.4, 0.5) is 8.78 Å². The molecule has 1 fully saturated rings. The summed E-state index contributed by atoms with van der Waals surface area (Å²) < 4.78 is 29.1. The van der Waals surface area contributed by atoms with E-state index in [2.05, 4.69) is 15.4 Å². The Morgan fingerprint density at radius 2 is 2.15 bits per heavy atom. The molecule has 4 heterocycles. The third kappa shape index (κ3) is 3.95. The molecule has 0 spiro atoms. The van der Waals surface area contributed by atoms with Gasteiger partial charge in [-0.05, 0) is 56.2 Å². The van der Waals surface area contributed by atoms with Crippen molar-refractivity contribution in [2.75, 3.05) is 6.54 Å². The highest BCUT2D eigenvalue weighted by atomic mass is 19.1. The average Bonchev–Trinajstić information content (AvgIpc) is 3.32. The number of nitrogens with one attached hydrogen (secondary N) is 1. The van der Waals surface area contributed by atoms with Gasteiger partial charge in [-0.3, -0.25) is 4.79 Å². The van der Waals surface area contributed by atoms with E-state index < -0.39 is 17.4 Å². The SMILES string of the molecule is Cc1cccc(C(=O)NC2=C3N=C(N4CCC[C@@H]4C4(C)C=C(F)C=CC4F)C=CN3N=CC2)n1. The Labute approximate surface area is 196 Å². The first kappa shape index (κ1) is 22.2. The molecular formula is C25H26F2N6O. The zero-order valence-corrected chi connectivity index (χ0v) is 19.1. The molecule has 34 heavy (non-hydrogen) atoms. The van der Waals surface area contributed by atoms with Crippen molar-refractivity contribution in [3.8, 4) is 0 Å². The Morgan fingerprint density at radius 1 is 1.29 bits per heavy atom. The number of rotatable bonds is 3. The molecule has 4 aliphatic rings. The summed E-state index contributed by atoms with van der Waals surface area (Å²) in [5, 5.41) is 8.87. The second-order valence-corrected chi connectivity index (χ2v) is 9.06. The van der Waals surface area contributed by atoms with E-state index in [4.69, 9.17) is 4.99 Å². The van der Waals surface area contributed by atoms with Gasteiger partial charge in [-0.15, -0.1) is 0 Å². The van der Waals surface area contributed by atoms with Crippen molar-refractivity contribution >= 4 is 18.0 Å². The van der Waals surface area contributed by atoms with Crippen LogP contribution in [0.15, 0.2) is 76.1 Å². The zero-order chi connectivity index (χ0) is 23.9. The number of aromatic nitrogens is 1. The molecule has 0 bridgehead atoms. The van der Waals surface area contributed by atoms with Crippen LogP contribution in [-0.4, -0.2) is 51.6 Å². The largest absolute Gasteiger partial charge is 0.353 e. The maximum absolute atomic E-state index is 15.0. The summed E-state index contributed by atoms with van der Waals surface area (Å²) in [5.74, 6) is 0.394. The molecule has 1 N–H and O–H groups in total. The van der Waals surface area contributed by atoms with Crippen molar-refractivity contribution in [1.82, 2.24) is 20.2 Å². The number of nitrogens with zero attached hydrogens (tertiary/aromatic N) is 5. The highest BCUT2D eigenvalue weighted by Crippen LogP contribution is 2.43. The van der Waals surface area contributed by atoms with Crippen molar-refractivity contribution in [2.45, 2.75) is 45.3 Å². The monoisotopic (exact) mass is 464 g/mol. The number of hydrazone groups is 1. The molecule has 176 valence electrons. The Morgan fingerprint density at radius 3 is 2.97 bits per heavy atom. The minimum Gasteiger partial charge on any atom is -0.353 e. The molecule has 1 amide bonds. The minimum atomic E-state index is -1.29. The summed E-state index contributed by atoms with van der Waals surface area (Å²) in [6, 6.07) is 5.02. The quantitative estimate of drug-likeness (QED) is 0.730. The minimum absolute atomic E-state index is 0.254. The summed E-state index contributed by atoms with van der Waals surface area (Å²) in [6.45, 7) is 4.27. The fourth-order valence-corrected chi connectivity index (χ4v) is 4.93. The summed E-state index contributed by atoms with van der Waals surface area (Å²) in [4.78, 5) is 23.9. The number of pyridine rings is 1. The van der Waals surface area contributed by atoms with Gasteiger partial charge in [0.15, 0.2) is 5.82 Å². The van der Waals surface area contributed by atoms with E-state index in [1.54, 1.807) is 36.5 Å². The van der Waals surface area contributed by atoms with E-state index in [0.717, 1.165) is 18.5 Å². The van der Waals surface area contributed by atoms with Crippen LogP contribution in [0.1, 0.15) is 42.4 Å². The van der Waals surface area contributed by atoms with E-state index in [0.29, 0.717) is 36.0 Å². The Balaban J connectivity index is 1.45. The third-order valence-electron chi connectivity index (χ3n) is 6.69. The van der Waals surface area contributed by atoms with Gasteiger partial charge in [0, 0.05) is 42.5 Å². The van der Waals surface area contributed by atoms with Crippen LogP contribution >= 0.6 is 0 Å². The lowest BCUT2D eigenvalue weighted by atomic mass is 9.74. The number of aliphatic imine (C=N–C) groups is 1. The second-order valence-electron chi connectivity index (χ2n) is 9.06. The smallest absolute Gasteiger partial charge is 0.274 e. The Hall–Kier alpha value is -3.62. The van der Waals surface area contributed by atoms with Crippen molar-refractivity contribution in [1.29, 1.82) is 0 Å². The van der Waals surface area contributed by atoms with E-state index >= 15 is 0 Å². The number of allylic oxidation sites excluding steroid dienone is 4. The van der Waals surface area contributed by atoms with Crippen LogP contribution in [0.25, 0.3) is 0 Å². The van der Waals surface area contributed by atoms with Crippen LogP contribution in [0.5, 0.6) is 0 Å². The van der Waals surface area contributed by atoms with Gasteiger partial charge < -0.3 is 10.2 Å². The molecule has 0 radical (unpaired) electrons. The van der Waals surface area contributed by atoms with E-state index in [9.17, 15) is 13.6 Å². The number of hydrogen-bond acceptors (Lipinski definition) is 6. The van der Waals surface area contributed by atoms with Gasteiger partial charge in [-0.2, -0.15) is 5.10 Å². The number of alkyl halides is 1. The van der Waals surface area contributed by atoms with Gasteiger partial charge in [-0.1, -0.05) is 13.0 Å². The number of fused-ring (bicyclic) bond motifs is 1. The number of aryl methyl sites for hydroxylation is 1. The van der Waals surface area contributed by atoms with Crippen LogP contribution in [0.3, 0.4) is 0 Å². The summed E-state index contributed by atoms with van der Waals surface area (Å²) >= 11 is 0. The first-order valence-electron chi connectivity index (χ1n) is 11.4. The summed E-state index contributed by atoms with van der Waals surface area (Å²) in [7, 11) is 0. The van der Waals surface area contributed by atoms with Crippen molar-refractivity contribution in [3.05, 3.63) is 77.4 Å². The normalized spacial score (nSPS) is 28.1. The van der Waals surface area contributed by atoms with E-state index in [1.165, 1.54) is 18.2 Å². The standard InChI is InChI=1S/C25H26F2N6O/c1-16-5-3-6-19(29-16)24(34)30-18-10-12-28-33-14-11-22(31-23(18)33)32-13-4-7-21(32)25(2)15-17(26)8-9-20(25)27/h3,5-6,8-9,11-12,14-15,20-21H,4,7,10,13H2,1-2H3,(H,30,34)/t20?,21-,25?/m1/s1. The molecular weight excluding hydrogens is 438 g/mol. The number of amidine groups is 1. The number of likely N-dealkylation sites (tertiary alicyclic amines) is 1. The van der Waals surface area contributed by atoms with Crippen molar-refractivity contribution in [3.63, 3.8) is 0 Å². The van der Waals surface area contributed by atoms with Crippen LogP contribution in [0.2, 0.25) is 0 Å². The second kappa shape index (κ2) is 8.62. The molecule has 1 aromatic rings. The van der Waals surface area contributed by atoms with Gasteiger partial charge >= 0.3 is 0 Å². The first-order chi connectivity index (χ1) is 16.3. The number of hydrogen-bond donors (Lipinski definition) is 1.